The lowest BCUT2D eigenvalue weighted by Gasteiger charge is -2.18. The number of nitrogens with one attached hydrogen (secondary N) is 1. The molecule has 0 aliphatic rings. The van der Waals surface area contributed by atoms with Gasteiger partial charge in [0, 0.05) is 0 Å². The average Bonchev–Trinajstić information content (AvgIpc) is 2.35. The lowest BCUT2D eigenvalue weighted by Crippen LogP contribution is -2.29. The van der Waals surface area contributed by atoms with Gasteiger partial charge in [0.15, 0.2) is 6.61 Å². The first kappa shape index (κ1) is 15.5. The van der Waals surface area contributed by atoms with Gasteiger partial charge in [0.2, 0.25) is 0 Å². The molecular weight excluding hydrogens is 258 g/mol. The van der Waals surface area contributed by atoms with Crippen LogP contribution in [-0.2, 0) is 4.74 Å². The van der Waals surface area contributed by atoms with E-state index in [0.29, 0.717) is 5.75 Å². The van der Waals surface area contributed by atoms with Gasteiger partial charge in [-0.25, -0.2) is 10.2 Å². The molecule has 20 heavy (non-hydrogen) atoms. The van der Waals surface area contributed by atoms with E-state index < -0.39 is 11.7 Å². The Morgan fingerprint density at radius 1 is 1.40 bits per heavy atom. The number of carbonyl (C=O) groups excluding carboxylic acids is 1. The molecule has 0 radical (unpaired) electrons. The molecule has 106 valence electrons. The van der Waals surface area contributed by atoms with Crippen molar-refractivity contribution in [1.29, 1.82) is 5.26 Å². The highest BCUT2D eigenvalue weighted by Gasteiger charge is 2.15. The quantitative estimate of drug-likeness (QED) is 0.675. The van der Waals surface area contributed by atoms with Gasteiger partial charge in [-0.2, -0.15) is 10.4 Å². The van der Waals surface area contributed by atoms with Crippen LogP contribution in [0.25, 0.3) is 0 Å². The van der Waals surface area contributed by atoms with Crippen molar-refractivity contribution in [1.82, 2.24) is 5.43 Å². The summed E-state index contributed by atoms with van der Waals surface area (Å²) < 4.78 is 10.1. The summed E-state index contributed by atoms with van der Waals surface area (Å²) in [7, 11) is 0. The maximum Gasteiger partial charge on any atom is 0.428 e. The van der Waals surface area contributed by atoms with Gasteiger partial charge in [-0.3, -0.25) is 0 Å². The zero-order valence-corrected chi connectivity index (χ0v) is 11.7. The number of hydrogen-bond donors (Lipinski definition) is 1. The number of carbonyl (C=O) groups is 1. The molecule has 0 aliphatic carbocycles. The Morgan fingerprint density at radius 3 is 2.60 bits per heavy atom. The second kappa shape index (κ2) is 7.14. The van der Waals surface area contributed by atoms with Gasteiger partial charge in [-0.05, 0) is 50.6 Å². The first-order valence-electron chi connectivity index (χ1n) is 6.02. The number of nitriles is 1. The SMILES string of the molecule is CC(C)(C)OC(=O)N/N=C\c1ccc(OCC#N)cc1. The molecule has 0 atom stereocenters. The minimum atomic E-state index is -0.609. The van der Waals surface area contributed by atoms with E-state index in [4.69, 9.17) is 14.7 Å². The van der Waals surface area contributed by atoms with E-state index in [1.165, 1.54) is 6.21 Å². The molecule has 1 rings (SSSR count). The summed E-state index contributed by atoms with van der Waals surface area (Å²) in [6, 6.07) is 8.83. The molecule has 0 unspecified atom stereocenters. The Labute approximate surface area is 118 Å². The summed E-state index contributed by atoms with van der Waals surface area (Å²) in [5.41, 5.74) is 2.50. The largest absolute Gasteiger partial charge is 0.479 e. The van der Waals surface area contributed by atoms with Crippen molar-refractivity contribution in [2.24, 2.45) is 5.10 Å². The minimum Gasteiger partial charge on any atom is -0.479 e. The van der Waals surface area contributed by atoms with Crippen molar-refractivity contribution in [3.05, 3.63) is 29.8 Å². The molecule has 1 amide bonds. The normalized spacial score (nSPS) is 10.9. The summed E-state index contributed by atoms with van der Waals surface area (Å²) in [5.74, 6) is 0.601. The summed E-state index contributed by atoms with van der Waals surface area (Å²) in [6.45, 7) is 5.33. The fourth-order valence-electron chi connectivity index (χ4n) is 1.23. The summed E-state index contributed by atoms with van der Waals surface area (Å²) in [5, 5.41) is 12.2. The molecule has 0 saturated carbocycles. The highest BCUT2D eigenvalue weighted by atomic mass is 16.6. The van der Waals surface area contributed by atoms with Crippen LogP contribution >= 0.6 is 0 Å². The minimum absolute atomic E-state index is 0.00757. The van der Waals surface area contributed by atoms with Crippen molar-refractivity contribution in [3.8, 4) is 11.8 Å². The predicted octanol–water partition coefficient (Wildman–Crippen LogP) is 2.45. The number of nitrogens with zero attached hydrogens (tertiary/aromatic N) is 2. The van der Waals surface area contributed by atoms with E-state index in [1.807, 2.05) is 6.07 Å². The third-order valence-electron chi connectivity index (χ3n) is 1.95. The second-order valence-electron chi connectivity index (χ2n) is 4.89. The van der Waals surface area contributed by atoms with E-state index in [0.717, 1.165) is 5.56 Å². The number of hydrazone groups is 1. The first-order valence-corrected chi connectivity index (χ1v) is 6.02. The Kier molecular flexibility index (Phi) is 5.54. The number of benzene rings is 1. The van der Waals surface area contributed by atoms with Gasteiger partial charge in [-0.1, -0.05) is 0 Å². The van der Waals surface area contributed by atoms with Crippen molar-refractivity contribution >= 4 is 12.3 Å². The van der Waals surface area contributed by atoms with Crippen molar-refractivity contribution < 1.29 is 14.3 Å². The topological polar surface area (TPSA) is 83.7 Å². The van der Waals surface area contributed by atoms with Gasteiger partial charge in [0.1, 0.15) is 17.4 Å². The third kappa shape index (κ3) is 6.40. The van der Waals surface area contributed by atoms with Crippen LogP contribution in [0.4, 0.5) is 4.79 Å². The summed E-state index contributed by atoms with van der Waals surface area (Å²) >= 11 is 0. The van der Waals surface area contributed by atoms with Gasteiger partial charge in [0.05, 0.1) is 6.21 Å². The van der Waals surface area contributed by atoms with Crippen LogP contribution in [-0.4, -0.2) is 24.5 Å². The van der Waals surface area contributed by atoms with E-state index in [-0.39, 0.29) is 6.61 Å². The highest BCUT2D eigenvalue weighted by molar-refractivity contribution is 5.81. The Bertz CT molecular complexity index is 510. The maximum atomic E-state index is 11.3. The Hall–Kier alpha value is -2.55. The van der Waals surface area contributed by atoms with Gasteiger partial charge >= 0.3 is 6.09 Å². The lowest BCUT2D eigenvalue weighted by molar-refractivity contribution is 0.0529. The van der Waals surface area contributed by atoms with Crippen LogP contribution in [0.1, 0.15) is 26.3 Å². The van der Waals surface area contributed by atoms with Crippen LogP contribution in [0.2, 0.25) is 0 Å². The number of rotatable bonds is 4. The molecular formula is C14H17N3O3. The molecule has 1 N–H and O–H groups in total. The van der Waals surface area contributed by atoms with Crippen LogP contribution < -0.4 is 10.2 Å². The van der Waals surface area contributed by atoms with Crippen molar-refractivity contribution in [2.75, 3.05) is 6.61 Å². The predicted molar refractivity (Wildman–Crippen MR) is 74.5 cm³/mol. The molecule has 1 aromatic carbocycles. The zero-order valence-electron chi connectivity index (χ0n) is 11.7. The monoisotopic (exact) mass is 275 g/mol. The molecule has 6 nitrogen and oxygen atoms in total. The molecule has 1 aromatic rings. The summed E-state index contributed by atoms with van der Waals surface area (Å²) in [4.78, 5) is 11.3. The Morgan fingerprint density at radius 2 is 2.05 bits per heavy atom. The van der Waals surface area contributed by atoms with Gasteiger partial charge < -0.3 is 9.47 Å². The molecule has 0 aromatic heterocycles. The van der Waals surface area contributed by atoms with E-state index in [9.17, 15) is 4.79 Å². The highest BCUT2D eigenvalue weighted by Crippen LogP contribution is 2.10. The molecule has 0 saturated heterocycles. The van der Waals surface area contributed by atoms with Gasteiger partial charge in [-0.15, -0.1) is 0 Å². The molecule has 0 heterocycles. The molecule has 6 heteroatoms. The fraction of sp³-hybridized carbons (Fsp3) is 0.357. The van der Waals surface area contributed by atoms with Crippen molar-refractivity contribution in [3.63, 3.8) is 0 Å². The van der Waals surface area contributed by atoms with Crippen LogP contribution in [0.15, 0.2) is 29.4 Å². The standard InChI is InChI=1S/C14H17N3O3/c1-14(2,3)20-13(18)17-16-10-11-4-6-12(7-5-11)19-9-8-15/h4-7,10H,9H2,1-3H3,(H,17,18)/b16-10-. The third-order valence-corrected chi connectivity index (χ3v) is 1.95. The van der Waals surface area contributed by atoms with Crippen LogP contribution in [0, 0.1) is 11.3 Å². The molecule has 0 bridgehead atoms. The fourth-order valence-corrected chi connectivity index (χ4v) is 1.23. The number of ether oxygens (including phenoxy) is 2. The lowest BCUT2D eigenvalue weighted by atomic mass is 10.2. The zero-order chi connectivity index (χ0) is 15.0. The van der Waals surface area contributed by atoms with Crippen LogP contribution in [0.5, 0.6) is 5.75 Å². The van der Waals surface area contributed by atoms with E-state index in [2.05, 4.69) is 10.5 Å². The maximum absolute atomic E-state index is 11.3. The van der Waals surface area contributed by atoms with E-state index >= 15 is 0 Å². The smallest absolute Gasteiger partial charge is 0.428 e. The Balaban J connectivity index is 2.46. The second-order valence-corrected chi connectivity index (χ2v) is 4.89. The molecule has 0 aliphatic heterocycles. The van der Waals surface area contributed by atoms with Gasteiger partial charge in [0.25, 0.3) is 0 Å². The summed E-state index contributed by atoms with van der Waals surface area (Å²) in [6.07, 6.45) is 0.876. The molecule has 0 spiro atoms. The van der Waals surface area contributed by atoms with Crippen molar-refractivity contribution in [2.45, 2.75) is 26.4 Å². The van der Waals surface area contributed by atoms with Crippen LogP contribution in [0.3, 0.4) is 0 Å². The van der Waals surface area contributed by atoms with E-state index in [1.54, 1.807) is 45.0 Å². The first-order chi connectivity index (χ1) is 9.40. The molecule has 0 fully saturated rings. The number of amides is 1. The average molecular weight is 275 g/mol. The number of hydrogen-bond acceptors (Lipinski definition) is 5.